The van der Waals surface area contributed by atoms with Crippen molar-refractivity contribution in [2.45, 2.75) is 13.1 Å². The molecular formula is C12H13N5OS. The van der Waals surface area contributed by atoms with Gasteiger partial charge in [0, 0.05) is 15.8 Å². The summed E-state index contributed by atoms with van der Waals surface area (Å²) in [5.74, 6) is 5.64. The second kappa shape index (κ2) is 6.68. The Morgan fingerprint density at radius 1 is 1.58 bits per heavy atom. The van der Waals surface area contributed by atoms with Crippen molar-refractivity contribution in [2.75, 3.05) is 6.54 Å². The van der Waals surface area contributed by atoms with Gasteiger partial charge < -0.3 is 11.1 Å². The van der Waals surface area contributed by atoms with E-state index in [0.29, 0.717) is 13.1 Å². The average molecular weight is 275 g/mol. The molecule has 7 heteroatoms. The van der Waals surface area contributed by atoms with Crippen LogP contribution < -0.4 is 11.1 Å². The Morgan fingerprint density at radius 2 is 2.47 bits per heavy atom. The van der Waals surface area contributed by atoms with Crippen LogP contribution in [-0.2, 0) is 17.9 Å². The minimum atomic E-state index is -0.103. The fourth-order valence-electron chi connectivity index (χ4n) is 1.40. The molecule has 0 fully saturated rings. The molecule has 0 unspecified atom stereocenters. The van der Waals surface area contributed by atoms with Crippen LogP contribution in [0.1, 0.15) is 10.4 Å². The molecule has 6 nitrogen and oxygen atoms in total. The van der Waals surface area contributed by atoms with Gasteiger partial charge >= 0.3 is 0 Å². The maximum absolute atomic E-state index is 11.6. The smallest absolute Gasteiger partial charge is 0.242 e. The fraction of sp³-hybridized carbons (Fsp3) is 0.250. The van der Waals surface area contributed by atoms with Crippen molar-refractivity contribution in [2.24, 2.45) is 5.73 Å². The summed E-state index contributed by atoms with van der Waals surface area (Å²) in [5.41, 5.74) is 6.23. The highest BCUT2D eigenvalue weighted by molar-refractivity contribution is 7.10. The topological polar surface area (TPSA) is 85.8 Å². The fourth-order valence-corrected chi connectivity index (χ4v) is 2.15. The van der Waals surface area contributed by atoms with E-state index in [1.54, 1.807) is 11.3 Å². The van der Waals surface area contributed by atoms with Gasteiger partial charge in [-0.15, -0.1) is 11.3 Å². The third kappa shape index (κ3) is 4.21. The molecule has 0 saturated carbocycles. The van der Waals surface area contributed by atoms with E-state index in [9.17, 15) is 4.79 Å². The molecule has 0 aromatic carbocycles. The summed E-state index contributed by atoms with van der Waals surface area (Å²) < 4.78 is 1.47. The zero-order chi connectivity index (χ0) is 13.5. The van der Waals surface area contributed by atoms with Crippen LogP contribution in [0.4, 0.5) is 0 Å². The number of hydrogen-bond donors (Lipinski definition) is 2. The molecule has 3 N–H and O–H groups in total. The molecule has 0 bridgehead atoms. The number of rotatable bonds is 4. The molecule has 0 atom stereocenters. The molecule has 1 amide bonds. The number of nitrogens with zero attached hydrogens (tertiary/aromatic N) is 3. The van der Waals surface area contributed by atoms with Gasteiger partial charge in [-0.25, -0.2) is 9.67 Å². The first-order valence-corrected chi connectivity index (χ1v) is 6.51. The predicted octanol–water partition coefficient (Wildman–Crippen LogP) is -0.0338. The van der Waals surface area contributed by atoms with E-state index in [2.05, 4.69) is 27.2 Å². The van der Waals surface area contributed by atoms with Crippen molar-refractivity contribution in [1.82, 2.24) is 20.1 Å². The van der Waals surface area contributed by atoms with E-state index in [4.69, 9.17) is 5.73 Å². The second-order valence-electron chi connectivity index (χ2n) is 3.68. The number of carbonyl (C=O) groups excluding carboxylic acids is 1. The molecule has 2 aromatic rings. The number of aromatic nitrogens is 3. The molecule has 19 heavy (non-hydrogen) atoms. The zero-order valence-electron chi connectivity index (χ0n) is 10.2. The van der Waals surface area contributed by atoms with Crippen LogP contribution in [0, 0.1) is 11.8 Å². The van der Waals surface area contributed by atoms with Crippen LogP contribution in [0.3, 0.4) is 0 Å². The van der Waals surface area contributed by atoms with Crippen molar-refractivity contribution in [1.29, 1.82) is 0 Å². The van der Waals surface area contributed by atoms with Gasteiger partial charge in [-0.2, -0.15) is 5.10 Å². The molecule has 2 rings (SSSR count). The molecule has 2 aromatic heterocycles. The summed E-state index contributed by atoms with van der Waals surface area (Å²) >= 11 is 1.56. The maximum atomic E-state index is 11.6. The van der Waals surface area contributed by atoms with Crippen LogP contribution in [-0.4, -0.2) is 27.2 Å². The lowest BCUT2D eigenvalue weighted by molar-refractivity contribution is -0.122. The molecule has 0 aliphatic rings. The van der Waals surface area contributed by atoms with E-state index in [-0.39, 0.29) is 12.5 Å². The number of thiophene rings is 1. The quantitative estimate of drug-likeness (QED) is 0.767. The maximum Gasteiger partial charge on any atom is 0.242 e. The highest BCUT2D eigenvalue weighted by atomic mass is 32.1. The minimum Gasteiger partial charge on any atom is -0.350 e. The molecule has 0 aliphatic carbocycles. The zero-order valence-corrected chi connectivity index (χ0v) is 11.0. The standard InChI is InChI=1S/C12H13N5OS/c13-3-1-2-10-4-11(19-7-10)5-15-12(18)6-17-9-14-8-16-17/h4,7-9H,3,5-6,13H2,(H,15,18). The number of nitrogens with two attached hydrogens (primary N) is 1. The Balaban J connectivity index is 1.81. The van der Waals surface area contributed by atoms with Crippen LogP contribution in [0.5, 0.6) is 0 Å². The van der Waals surface area contributed by atoms with Crippen LogP contribution >= 0.6 is 11.3 Å². The van der Waals surface area contributed by atoms with Crippen LogP contribution in [0.25, 0.3) is 0 Å². The summed E-state index contributed by atoms with van der Waals surface area (Å²) in [6, 6.07) is 1.95. The van der Waals surface area contributed by atoms with Crippen molar-refractivity contribution >= 4 is 17.2 Å². The first kappa shape index (κ1) is 13.3. The normalized spacial score (nSPS) is 9.74. The number of amides is 1. The molecule has 2 heterocycles. The molecule has 98 valence electrons. The number of nitrogens with one attached hydrogen (secondary N) is 1. The van der Waals surface area contributed by atoms with Crippen LogP contribution in [0.15, 0.2) is 24.1 Å². The third-order valence-corrected chi connectivity index (χ3v) is 3.16. The Hall–Kier alpha value is -2.17. The Labute approximate surface area is 114 Å². The summed E-state index contributed by atoms with van der Waals surface area (Å²) in [6.07, 6.45) is 2.90. The van der Waals surface area contributed by atoms with Crippen molar-refractivity contribution in [3.8, 4) is 11.8 Å². The van der Waals surface area contributed by atoms with Gasteiger partial charge in [0.15, 0.2) is 0 Å². The molecule has 0 aliphatic heterocycles. The lowest BCUT2D eigenvalue weighted by Crippen LogP contribution is -2.26. The van der Waals surface area contributed by atoms with Gasteiger partial charge in [0.2, 0.25) is 5.91 Å². The predicted molar refractivity (Wildman–Crippen MR) is 72.1 cm³/mol. The second-order valence-corrected chi connectivity index (χ2v) is 4.67. The summed E-state index contributed by atoms with van der Waals surface area (Å²) in [4.78, 5) is 16.4. The Kier molecular flexibility index (Phi) is 4.66. The molecule has 0 saturated heterocycles. The molecule has 0 radical (unpaired) electrons. The first-order valence-electron chi connectivity index (χ1n) is 5.63. The minimum absolute atomic E-state index is 0.103. The lowest BCUT2D eigenvalue weighted by Gasteiger charge is -2.02. The molecule has 0 spiro atoms. The van der Waals surface area contributed by atoms with E-state index in [0.717, 1.165) is 10.4 Å². The van der Waals surface area contributed by atoms with Gasteiger partial charge in [-0.05, 0) is 6.07 Å². The molecular weight excluding hydrogens is 262 g/mol. The van der Waals surface area contributed by atoms with Crippen LogP contribution in [0.2, 0.25) is 0 Å². The summed E-state index contributed by atoms with van der Waals surface area (Å²) in [6.45, 7) is 1.01. The van der Waals surface area contributed by atoms with Gasteiger partial charge in [0.1, 0.15) is 19.2 Å². The van der Waals surface area contributed by atoms with Gasteiger partial charge in [-0.1, -0.05) is 11.8 Å². The first-order chi connectivity index (χ1) is 9.28. The number of hydrogen-bond acceptors (Lipinski definition) is 5. The summed E-state index contributed by atoms with van der Waals surface area (Å²) in [7, 11) is 0. The van der Waals surface area contributed by atoms with E-state index < -0.39 is 0 Å². The Morgan fingerprint density at radius 3 is 3.21 bits per heavy atom. The van der Waals surface area contributed by atoms with Gasteiger partial charge in [0.25, 0.3) is 0 Å². The van der Waals surface area contributed by atoms with Crippen molar-refractivity contribution in [3.63, 3.8) is 0 Å². The highest BCUT2D eigenvalue weighted by Gasteiger charge is 2.04. The number of carbonyl (C=O) groups is 1. The average Bonchev–Trinajstić information content (AvgIpc) is 3.05. The Bertz CT molecular complexity index is 593. The van der Waals surface area contributed by atoms with E-state index in [1.165, 1.54) is 17.3 Å². The van der Waals surface area contributed by atoms with Crippen molar-refractivity contribution in [3.05, 3.63) is 34.5 Å². The largest absolute Gasteiger partial charge is 0.350 e. The van der Waals surface area contributed by atoms with E-state index >= 15 is 0 Å². The third-order valence-electron chi connectivity index (χ3n) is 2.22. The van der Waals surface area contributed by atoms with E-state index in [1.807, 2.05) is 11.4 Å². The van der Waals surface area contributed by atoms with Crippen molar-refractivity contribution < 1.29 is 4.79 Å². The van der Waals surface area contributed by atoms with Gasteiger partial charge in [0.05, 0.1) is 13.1 Å². The highest BCUT2D eigenvalue weighted by Crippen LogP contribution is 2.13. The van der Waals surface area contributed by atoms with Gasteiger partial charge in [-0.3, -0.25) is 4.79 Å². The summed E-state index contributed by atoms with van der Waals surface area (Å²) in [5, 5.41) is 8.63. The monoisotopic (exact) mass is 275 g/mol. The lowest BCUT2D eigenvalue weighted by atomic mass is 10.3. The SMILES string of the molecule is NCC#Cc1csc(CNC(=O)Cn2cncn2)c1.